The maximum Gasteiger partial charge on any atom is 0.334 e. The van der Waals surface area contributed by atoms with Gasteiger partial charge in [0.1, 0.15) is 11.6 Å². The summed E-state index contributed by atoms with van der Waals surface area (Å²) in [7, 11) is 0. The number of allylic oxidation sites excluding steroid dienone is 1. The summed E-state index contributed by atoms with van der Waals surface area (Å²) in [5, 5.41) is 0. The Morgan fingerprint density at radius 1 is 0.769 bits per heavy atom. The average molecular weight is 535 g/mol. The highest BCUT2D eigenvalue weighted by Crippen LogP contribution is 2.68. The van der Waals surface area contributed by atoms with Gasteiger partial charge < -0.3 is 4.74 Å². The standard InChI is InChI=1S/C29H24F2N2O6/c1-4-39-28(38)21-13(2)18-19-22(26(36)32(24(19)34)16-9-5-14(30)6-10-16)29(21,3)23-20(18)25(35)33(27(23)37)17-11-7-15(31)8-12-17/h5-12,18-20,22-23H,4H2,1-3H3/t18?,19-,20-,22-,23-,29?/m1/s1. The van der Waals surface area contributed by atoms with E-state index in [9.17, 15) is 32.8 Å². The second kappa shape index (κ2) is 8.39. The van der Waals surface area contributed by atoms with Gasteiger partial charge in [-0.3, -0.25) is 29.0 Å². The molecular formula is C29H24F2N2O6. The summed E-state index contributed by atoms with van der Waals surface area (Å²) in [4.78, 5) is 71.1. The Morgan fingerprint density at radius 3 is 1.56 bits per heavy atom. The van der Waals surface area contributed by atoms with Crippen molar-refractivity contribution in [3.05, 3.63) is 71.3 Å². The van der Waals surface area contributed by atoms with E-state index in [1.165, 1.54) is 24.3 Å². The summed E-state index contributed by atoms with van der Waals surface area (Å²) in [6.45, 7) is 4.88. The molecule has 3 aliphatic carbocycles. The zero-order chi connectivity index (χ0) is 28.0. The van der Waals surface area contributed by atoms with Crippen LogP contribution in [0.5, 0.6) is 0 Å². The Morgan fingerprint density at radius 2 is 1.18 bits per heavy atom. The van der Waals surface area contributed by atoms with E-state index < -0.39 is 76.2 Å². The Bertz CT molecular complexity index is 1410. The van der Waals surface area contributed by atoms with E-state index in [2.05, 4.69) is 0 Å². The molecular weight excluding hydrogens is 510 g/mol. The summed E-state index contributed by atoms with van der Waals surface area (Å²) >= 11 is 0. The molecule has 4 amide bonds. The minimum Gasteiger partial charge on any atom is -0.463 e. The lowest BCUT2D eigenvalue weighted by Gasteiger charge is -2.55. The number of halogens is 2. The molecule has 1 saturated carbocycles. The van der Waals surface area contributed by atoms with Gasteiger partial charge in [-0.2, -0.15) is 0 Å². The molecule has 0 aromatic heterocycles. The Kier molecular flexibility index (Phi) is 5.40. The van der Waals surface area contributed by atoms with E-state index in [1.54, 1.807) is 20.8 Å². The number of hydrogen-bond donors (Lipinski definition) is 0. The van der Waals surface area contributed by atoms with Crippen LogP contribution in [0.15, 0.2) is 59.7 Å². The average Bonchev–Trinajstić information content (AvgIpc) is 3.32. The topological polar surface area (TPSA) is 101 Å². The second-order valence-electron chi connectivity index (χ2n) is 10.6. The molecule has 2 aromatic rings. The fourth-order valence-corrected chi connectivity index (χ4v) is 7.50. The first kappa shape index (κ1) is 25.1. The van der Waals surface area contributed by atoms with E-state index >= 15 is 0 Å². The molecule has 0 unspecified atom stereocenters. The predicted molar refractivity (Wildman–Crippen MR) is 133 cm³/mol. The van der Waals surface area contributed by atoms with Gasteiger partial charge in [-0.05, 0) is 62.4 Å². The van der Waals surface area contributed by atoms with Crippen molar-refractivity contribution in [2.75, 3.05) is 16.4 Å². The number of rotatable bonds is 4. The summed E-state index contributed by atoms with van der Waals surface area (Å²) in [6, 6.07) is 9.76. The van der Waals surface area contributed by atoms with Crippen molar-refractivity contribution in [3.8, 4) is 0 Å². The summed E-state index contributed by atoms with van der Waals surface area (Å²) < 4.78 is 32.6. The van der Waals surface area contributed by atoms with Gasteiger partial charge in [-0.15, -0.1) is 0 Å². The number of imide groups is 2. The van der Waals surface area contributed by atoms with Crippen LogP contribution in [0.4, 0.5) is 20.2 Å². The zero-order valence-electron chi connectivity index (χ0n) is 21.3. The van der Waals surface area contributed by atoms with Gasteiger partial charge in [0.05, 0.1) is 41.7 Å². The third kappa shape index (κ3) is 3.11. The summed E-state index contributed by atoms with van der Waals surface area (Å²) in [6.07, 6.45) is 0. The van der Waals surface area contributed by atoms with Gasteiger partial charge in [-0.25, -0.2) is 13.6 Å². The lowest BCUT2D eigenvalue weighted by molar-refractivity contribution is -0.155. The maximum atomic E-state index is 14.0. The van der Waals surface area contributed by atoms with Gasteiger partial charge in [0.2, 0.25) is 23.6 Å². The van der Waals surface area contributed by atoms with Gasteiger partial charge in [0, 0.05) is 16.9 Å². The van der Waals surface area contributed by atoms with Crippen molar-refractivity contribution >= 4 is 41.0 Å². The first-order valence-electron chi connectivity index (χ1n) is 12.7. The fraction of sp³-hybridized carbons (Fsp3) is 0.345. The zero-order valence-corrected chi connectivity index (χ0v) is 21.3. The fourth-order valence-electron chi connectivity index (χ4n) is 7.50. The monoisotopic (exact) mass is 534 g/mol. The van der Waals surface area contributed by atoms with Crippen molar-refractivity contribution in [2.45, 2.75) is 20.8 Å². The van der Waals surface area contributed by atoms with Crippen LogP contribution >= 0.6 is 0 Å². The number of carbonyl (C=O) groups is 5. The van der Waals surface area contributed by atoms with Crippen molar-refractivity contribution in [2.24, 2.45) is 35.0 Å². The molecule has 0 spiro atoms. The second-order valence-corrected chi connectivity index (χ2v) is 10.6. The number of ether oxygens (including phenoxy) is 1. The molecule has 5 aliphatic rings. The molecule has 4 atom stereocenters. The van der Waals surface area contributed by atoms with Crippen LogP contribution in [0.25, 0.3) is 0 Å². The number of hydrogen-bond acceptors (Lipinski definition) is 6. The van der Waals surface area contributed by atoms with Gasteiger partial charge in [0.15, 0.2) is 0 Å². The normalized spacial score (nSPS) is 31.3. The largest absolute Gasteiger partial charge is 0.463 e. The van der Waals surface area contributed by atoms with Gasteiger partial charge >= 0.3 is 5.97 Å². The Hall–Kier alpha value is -4.21. The van der Waals surface area contributed by atoms with Crippen molar-refractivity contribution in [1.29, 1.82) is 0 Å². The molecule has 0 N–H and O–H groups in total. The molecule has 10 heteroatoms. The van der Waals surface area contributed by atoms with Crippen LogP contribution in [0, 0.1) is 46.6 Å². The van der Waals surface area contributed by atoms with Gasteiger partial charge in [-0.1, -0.05) is 12.5 Å². The smallest absolute Gasteiger partial charge is 0.334 e. The minimum atomic E-state index is -1.55. The first-order valence-corrected chi connectivity index (χ1v) is 12.7. The number of esters is 1. The van der Waals surface area contributed by atoms with E-state index in [4.69, 9.17) is 4.74 Å². The van der Waals surface area contributed by atoms with Crippen LogP contribution in [0.3, 0.4) is 0 Å². The van der Waals surface area contributed by atoms with Crippen LogP contribution in [-0.2, 0) is 28.7 Å². The van der Waals surface area contributed by atoms with Crippen molar-refractivity contribution < 1.29 is 37.5 Å². The number of carbonyl (C=O) groups excluding carboxylic acids is 5. The lowest BCUT2D eigenvalue weighted by atomic mass is 9.43. The van der Waals surface area contributed by atoms with Crippen LogP contribution in [0.1, 0.15) is 20.8 Å². The number of benzene rings is 2. The summed E-state index contributed by atoms with van der Waals surface area (Å²) in [5.41, 5.74) is -0.669. The lowest BCUT2D eigenvalue weighted by Crippen LogP contribution is -2.61. The van der Waals surface area contributed by atoms with Gasteiger partial charge in [0.25, 0.3) is 0 Å². The summed E-state index contributed by atoms with van der Waals surface area (Å²) in [5.74, 6) is -9.42. The number of amides is 4. The molecule has 7 rings (SSSR count). The highest BCUT2D eigenvalue weighted by atomic mass is 19.1. The third-order valence-corrected chi connectivity index (χ3v) is 8.85. The van der Waals surface area contributed by atoms with E-state index in [1.807, 2.05) is 0 Å². The molecule has 2 saturated heterocycles. The molecule has 2 aliphatic heterocycles. The quantitative estimate of drug-likeness (QED) is 0.440. The molecule has 3 fully saturated rings. The molecule has 2 bridgehead atoms. The molecule has 2 heterocycles. The highest BCUT2D eigenvalue weighted by Gasteiger charge is 2.77. The Balaban J connectivity index is 1.54. The molecule has 200 valence electrons. The van der Waals surface area contributed by atoms with E-state index in [0.29, 0.717) is 5.57 Å². The predicted octanol–water partition coefficient (Wildman–Crippen LogP) is 3.41. The SMILES string of the molecule is CCOC(=O)C1=C(C)C2[C@H]3C(=O)N(c4ccc(F)cc4)C(=O)[C@@H]3C1(C)[C@H]1C(=O)N(c3ccc(F)cc3)C(=O)[C@H]21. The minimum absolute atomic E-state index is 0.0434. The maximum absolute atomic E-state index is 14.0. The van der Waals surface area contributed by atoms with E-state index in [0.717, 1.165) is 34.1 Å². The Labute approximate surface area is 222 Å². The molecule has 0 radical (unpaired) electrons. The molecule has 2 aromatic carbocycles. The number of anilines is 2. The number of nitrogens with zero attached hydrogens (tertiary/aromatic N) is 2. The highest BCUT2D eigenvalue weighted by molar-refractivity contribution is 6.27. The molecule has 39 heavy (non-hydrogen) atoms. The van der Waals surface area contributed by atoms with Crippen molar-refractivity contribution in [1.82, 2.24) is 0 Å². The third-order valence-electron chi connectivity index (χ3n) is 8.85. The molecule has 8 nitrogen and oxygen atoms in total. The van der Waals surface area contributed by atoms with Crippen molar-refractivity contribution in [3.63, 3.8) is 0 Å². The van der Waals surface area contributed by atoms with Crippen LogP contribution in [0.2, 0.25) is 0 Å². The van der Waals surface area contributed by atoms with E-state index in [-0.39, 0.29) is 23.6 Å². The first-order chi connectivity index (χ1) is 18.5. The van der Waals surface area contributed by atoms with Crippen LogP contribution in [-0.4, -0.2) is 36.2 Å². The van der Waals surface area contributed by atoms with Crippen LogP contribution < -0.4 is 9.80 Å².